The zero-order valence-corrected chi connectivity index (χ0v) is 11.8. The van der Waals surface area contributed by atoms with Crippen LogP contribution in [0.15, 0.2) is 27.3 Å². The van der Waals surface area contributed by atoms with Crippen LogP contribution in [0, 0.1) is 10.1 Å². The summed E-state index contributed by atoms with van der Waals surface area (Å²) in [5, 5.41) is 10.3. The van der Waals surface area contributed by atoms with E-state index in [0.29, 0.717) is 14.5 Å². The molecule has 0 radical (unpaired) electrons. The molecule has 0 saturated heterocycles. The van der Waals surface area contributed by atoms with Crippen molar-refractivity contribution < 1.29 is 14.5 Å². The highest BCUT2D eigenvalue weighted by atomic mass is 79.9. The van der Waals surface area contributed by atoms with Crippen LogP contribution in [0.25, 0.3) is 6.08 Å². The Balaban J connectivity index is 3.24. The molecule has 1 aromatic carbocycles. The normalized spacial score (nSPS) is 10.5. The Hall–Kier alpha value is -1.21. The smallest absolute Gasteiger partial charge is 0.308 e. The number of hydrogen-bond acceptors (Lipinski definition) is 4. The van der Waals surface area contributed by atoms with Gasteiger partial charge in [0.05, 0.1) is 9.40 Å². The Labute approximate surface area is 114 Å². The first-order chi connectivity index (χ1) is 7.90. The number of ether oxygens (including phenoxy) is 1. The van der Waals surface area contributed by atoms with Crippen LogP contribution in [0.4, 0.5) is 0 Å². The number of benzene rings is 1. The molecule has 1 aromatic rings. The van der Waals surface area contributed by atoms with Gasteiger partial charge in [0.2, 0.25) is 6.20 Å². The summed E-state index contributed by atoms with van der Waals surface area (Å²) in [6.07, 6.45) is 2.04. The zero-order valence-electron chi connectivity index (χ0n) is 8.65. The molecule has 0 N–H and O–H groups in total. The molecule has 0 heterocycles. The Bertz CT molecular complexity index is 499. The van der Waals surface area contributed by atoms with E-state index < -0.39 is 10.9 Å². The molecule has 7 heteroatoms. The highest BCUT2D eigenvalue weighted by Gasteiger charge is 2.11. The third kappa shape index (κ3) is 4.27. The van der Waals surface area contributed by atoms with Crippen molar-refractivity contribution in [2.75, 3.05) is 0 Å². The number of hydrogen-bond donors (Lipinski definition) is 0. The fraction of sp³-hybridized carbons (Fsp3) is 0.100. The van der Waals surface area contributed by atoms with Crippen LogP contribution in [-0.4, -0.2) is 10.9 Å². The molecule has 0 bridgehead atoms. The van der Waals surface area contributed by atoms with E-state index in [1.54, 1.807) is 12.1 Å². The van der Waals surface area contributed by atoms with E-state index in [9.17, 15) is 14.9 Å². The van der Waals surface area contributed by atoms with E-state index in [4.69, 9.17) is 4.74 Å². The molecule has 0 unspecified atom stereocenters. The minimum atomic E-state index is -0.591. The molecule has 5 nitrogen and oxygen atoms in total. The van der Waals surface area contributed by atoms with E-state index in [1.165, 1.54) is 13.0 Å². The highest BCUT2D eigenvalue weighted by Crippen LogP contribution is 2.33. The summed E-state index contributed by atoms with van der Waals surface area (Å²) in [6, 6.07) is 3.30. The van der Waals surface area contributed by atoms with Crippen LogP contribution >= 0.6 is 31.9 Å². The lowest BCUT2D eigenvalue weighted by molar-refractivity contribution is -0.400. The van der Waals surface area contributed by atoms with Gasteiger partial charge in [-0.25, -0.2) is 0 Å². The number of nitro groups is 1. The van der Waals surface area contributed by atoms with Crippen LogP contribution in [0.3, 0.4) is 0 Å². The van der Waals surface area contributed by atoms with Crippen molar-refractivity contribution in [3.63, 3.8) is 0 Å². The van der Waals surface area contributed by atoms with Crippen molar-refractivity contribution in [1.29, 1.82) is 0 Å². The van der Waals surface area contributed by atoms with Crippen molar-refractivity contribution in [1.82, 2.24) is 0 Å². The second-order valence-corrected chi connectivity index (χ2v) is 4.77. The predicted octanol–water partition coefficient (Wildman–Crippen LogP) is 3.38. The SMILES string of the molecule is CC(=O)Oc1c(Br)cc(Br)cc1/C=C/[N+](=O)[O-]. The van der Waals surface area contributed by atoms with Crippen molar-refractivity contribution in [3.05, 3.63) is 43.0 Å². The van der Waals surface area contributed by atoms with Crippen molar-refractivity contribution in [3.8, 4) is 5.75 Å². The van der Waals surface area contributed by atoms with E-state index >= 15 is 0 Å². The summed E-state index contributed by atoms with van der Waals surface area (Å²) < 4.78 is 6.23. The van der Waals surface area contributed by atoms with Crippen LogP contribution in [0.2, 0.25) is 0 Å². The molecule has 0 aliphatic rings. The van der Waals surface area contributed by atoms with Crippen LogP contribution in [0.1, 0.15) is 12.5 Å². The number of halogens is 2. The quantitative estimate of drug-likeness (QED) is 0.357. The summed E-state index contributed by atoms with van der Waals surface area (Å²) in [7, 11) is 0. The van der Waals surface area contributed by atoms with Crippen LogP contribution in [-0.2, 0) is 4.79 Å². The maximum absolute atomic E-state index is 10.9. The maximum Gasteiger partial charge on any atom is 0.308 e. The summed E-state index contributed by atoms with van der Waals surface area (Å²) in [6.45, 7) is 1.26. The van der Waals surface area contributed by atoms with Crippen molar-refractivity contribution in [2.45, 2.75) is 6.92 Å². The molecule has 0 aromatic heterocycles. The van der Waals surface area contributed by atoms with Gasteiger partial charge in [0, 0.05) is 23.0 Å². The fourth-order valence-electron chi connectivity index (χ4n) is 1.10. The van der Waals surface area contributed by atoms with Gasteiger partial charge >= 0.3 is 5.97 Å². The molecule has 0 atom stereocenters. The van der Waals surface area contributed by atoms with Gasteiger partial charge in [-0.05, 0) is 28.1 Å². The summed E-state index contributed by atoms with van der Waals surface area (Å²) in [5.41, 5.74) is 0.429. The Morgan fingerprint density at radius 3 is 2.65 bits per heavy atom. The third-order valence-electron chi connectivity index (χ3n) is 1.66. The molecule has 0 aliphatic heterocycles. The van der Waals surface area contributed by atoms with Gasteiger partial charge < -0.3 is 4.74 Å². The fourth-order valence-corrected chi connectivity index (χ4v) is 2.44. The largest absolute Gasteiger partial charge is 0.425 e. The van der Waals surface area contributed by atoms with E-state index in [0.717, 1.165) is 6.20 Å². The molecule has 90 valence electrons. The second kappa shape index (κ2) is 5.92. The molecule has 0 spiro atoms. The minimum Gasteiger partial charge on any atom is -0.425 e. The standard InChI is InChI=1S/C10H7Br2NO4/c1-6(14)17-10-7(2-3-13(15)16)4-8(11)5-9(10)12/h2-5H,1H3/b3-2+. The molecule has 1 rings (SSSR count). The highest BCUT2D eigenvalue weighted by molar-refractivity contribution is 9.11. The van der Waals surface area contributed by atoms with Crippen LogP contribution in [0.5, 0.6) is 5.75 Å². The van der Waals surface area contributed by atoms with Gasteiger partial charge in [0.15, 0.2) is 5.75 Å². The van der Waals surface area contributed by atoms with Crippen LogP contribution < -0.4 is 4.74 Å². The summed E-state index contributed by atoms with van der Waals surface area (Å²) in [5.74, 6) is -0.248. The first-order valence-corrected chi connectivity index (χ1v) is 5.98. The topological polar surface area (TPSA) is 69.4 Å². The van der Waals surface area contributed by atoms with Gasteiger partial charge in [-0.15, -0.1) is 0 Å². The lowest BCUT2D eigenvalue weighted by atomic mass is 10.2. The molecular weight excluding hydrogens is 358 g/mol. The lowest BCUT2D eigenvalue weighted by Crippen LogP contribution is -2.03. The van der Waals surface area contributed by atoms with Crippen molar-refractivity contribution in [2.24, 2.45) is 0 Å². The second-order valence-electron chi connectivity index (χ2n) is 3.00. The first-order valence-electron chi connectivity index (χ1n) is 4.39. The number of nitrogens with zero attached hydrogens (tertiary/aromatic N) is 1. The van der Waals surface area contributed by atoms with Gasteiger partial charge in [0.1, 0.15) is 0 Å². The van der Waals surface area contributed by atoms with E-state index in [-0.39, 0.29) is 5.75 Å². The Morgan fingerprint density at radius 2 is 2.12 bits per heavy atom. The average Bonchev–Trinajstić information content (AvgIpc) is 2.18. The number of rotatable bonds is 3. The van der Waals surface area contributed by atoms with Crippen molar-refractivity contribution >= 4 is 43.9 Å². The lowest BCUT2D eigenvalue weighted by Gasteiger charge is -2.08. The number of carbonyl (C=O) groups excluding carboxylic acids is 1. The summed E-state index contributed by atoms with van der Waals surface area (Å²) in [4.78, 5) is 20.6. The molecule has 0 amide bonds. The first kappa shape index (κ1) is 13.9. The maximum atomic E-state index is 10.9. The van der Waals surface area contributed by atoms with Gasteiger partial charge in [-0.1, -0.05) is 15.9 Å². The average molecular weight is 365 g/mol. The molecular formula is C10H7Br2NO4. The molecule has 0 saturated carbocycles. The molecule has 17 heavy (non-hydrogen) atoms. The molecule has 0 aliphatic carbocycles. The number of carbonyl (C=O) groups is 1. The third-order valence-corrected chi connectivity index (χ3v) is 2.71. The van der Waals surface area contributed by atoms with Gasteiger partial charge in [-0.2, -0.15) is 0 Å². The molecule has 0 fully saturated rings. The minimum absolute atomic E-state index is 0.249. The van der Waals surface area contributed by atoms with E-state index in [1.807, 2.05) is 0 Å². The van der Waals surface area contributed by atoms with E-state index in [2.05, 4.69) is 31.9 Å². The monoisotopic (exact) mass is 363 g/mol. The van der Waals surface area contributed by atoms with Gasteiger partial charge in [0.25, 0.3) is 0 Å². The Morgan fingerprint density at radius 1 is 1.47 bits per heavy atom. The van der Waals surface area contributed by atoms with Gasteiger partial charge in [-0.3, -0.25) is 14.9 Å². The zero-order chi connectivity index (χ0) is 13.0. The summed E-state index contributed by atoms with van der Waals surface area (Å²) >= 11 is 6.47. The predicted molar refractivity (Wildman–Crippen MR) is 69.2 cm³/mol. The number of esters is 1. The Kier molecular flexibility index (Phi) is 4.83.